The van der Waals surface area contributed by atoms with E-state index in [0.717, 1.165) is 12.8 Å². The van der Waals surface area contributed by atoms with Gasteiger partial charge in [0.15, 0.2) is 0 Å². The van der Waals surface area contributed by atoms with Crippen molar-refractivity contribution in [3.8, 4) is 0 Å². The van der Waals surface area contributed by atoms with Crippen LogP contribution in [0.25, 0.3) is 0 Å². The summed E-state index contributed by atoms with van der Waals surface area (Å²) >= 11 is 0. The van der Waals surface area contributed by atoms with E-state index in [-0.39, 0.29) is 12.5 Å². The predicted octanol–water partition coefficient (Wildman–Crippen LogP) is 2.03. The van der Waals surface area contributed by atoms with Crippen molar-refractivity contribution in [1.29, 1.82) is 0 Å². The van der Waals surface area contributed by atoms with Gasteiger partial charge in [-0.2, -0.15) is 0 Å². The van der Waals surface area contributed by atoms with E-state index in [0.29, 0.717) is 6.54 Å². The molecule has 0 heterocycles. The fourth-order valence-electron chi connectivity index (χ4n) is 2.35. The fourth-order valence-corrected chi connectivity index (χ4v) is 2.35. The first-order valence-electron chi connectivity index (χ1n) is 6.41. The van der Waals surface area contributed by atoms with Crippen LogP contribution >= 0.6 is 0 Å². The molecule has 1 aromatic carbocycles. The topological polar surface area (TPSA) is 40.5 Å². The second-order valence-corrected chi connectivity index (χ2v) is 5.53. The summed E-state index contributed by atoms with van der Waals surface area (Å²) in [5, 5.41) is 9.29. The Hall–Kier alpha value is -1.35. The third kappa shape index (κ3) is 2.41. The van der Waals surface area contributed by atoms with Crippen molar-refractivity contribution in [2.75, 3.05) is 13.7 Å². The summed E-state index contributed by atoms with van der Waals surface area (Å²) in [4.78, 5) is 13.9. The zero-order chi connectivity index (χ0) is 13.3. The molecule has 1 fully saturated rings. The lowest BCUT2D eigenvalue weighted by Crippen LogP contribution is -2.35. The Kier molecular flexibility index (Phi) is 3.44. The maximum Gasteiger partial charge on any atom is 0.231 e. The van der Waals surface area contributed by atoms with Crippen LogP contribution in [0.2, 0.25) is 0 Å². The average Bonchev–Trinajstić information content (AvgIpc) is 3.12. The van der Waals surface area contributed by atoms with Crippen LogP contribution in [0.4, 0.5) is 0 Å². The second kappa shape index (κ2) is 4.73. The Balaban J connectivity index is 2.07. The molecule has 0 bridgehead atoms. The first-order valence-corrected chi connectivity index (χ1v) is 6.41. The molecule has 0 saturated heterocycles. The van der Waals surface area contributed by atoms with E-state index in [1.807, 2.05) is 7.05 Å². The monoisotopic (exact) mass is 247 g/mol. The molecule has 2 rings (SSSR count). The minimum atomic E-state index is -0.465. The molecule has 0 unspecified atom stereocenters. The van der Waals surface area contributed by atoms with E-state index in [2.05, 4.69) is 32.0 Å². The number of aliphatic hydroxyl groups excluding tert-OH is 1. The number of amides is 1. The number of hydrogen-bond donors (Lipinski definition) is 1. The molecule has 1 aliphatic carbocycles. The molecule has 0 atom stereocenters. The van der Waals surface area contributed by atoms with E-state index in [1.165, 1.54) is 16.7 Å². The van der Waals surface area contributed by atoms with Gasteiger partial charge in [0.25, 0.3) is 0 Å². The molecule has 1 amide bonds. The maximum atomic E-state index is 12.2. The van der Waals surface area contributed by atoms with Crippen LogP contribution < -0.4 is 0 Å². The highest BCUT2D eigenvalue weighted by Crippen LogP contribution is 2.46. The zero-order valence-electron chi connectivity index (χ0n) is 11.4. The van der Waals surface area contributed by atoms with Gasteiger partial charge in [-0.05, 0) is 37.8 Å². The van der Waals surface area contributed by atoms with Crippen molar-refractivity contribution < 1.29 is 9.90 Å². The molecule has 1 N–H and O–H groups in total. The standard InChI is InChI=1S/C15H21NO2/c1-11-4-5-13(12(2)8-11)9-16(3)14(18)15(10-17)6-7-15/h4-5,8,17H,6-7,9-10H2,1-3H3. The van der Waals surface area contributed by atoms with E-state index < -0.39 is 5.41 Å². The van der Waals surface area contributed by atoms with Crippen LogP contribution in [0.5, 0.6) is 0 Å². The zero-order valence-corrected chi connectivity index (χ0v) is 11.4. The largest absolute Gasteiger partial charge is 0.395 e. The van der Waals surface area contributed by atoms with Gasteiger partial charge in [-0.15, -0.1) is 0 Å². The third-order valence-electron chi connectivity index (χ3n) is 3.86. The van der Waals surface area contributed by atoms with Crippen molar-refractivity contribution in [3.05, 3.63) is 34.9 Å². The number of hydrogen-bond acceptors (Lipinski definition) is 2. The molecular formula is C15H21NO2. The Morgan fingerprint density at radius 2 is 2.06 bits per heavy atom. The third-order valence-corrected chi connectivity index (χ3v) is 3.86. The lowest BCUT2D eigenvalue weighted by molar-refractivity contribution is -0.137. The first kappa shape index (κ1) is 13.1. The highest BCUT2D eigenvalue weighted by molar-refractivity contribution is 5.85. The minimum Gasteiger partial charge on any atom is -0.395 e. The minimum absolute atomic E-state index is 0.0247. The average molecular weight is 247 g/mol. The number of nitrogens with zero attached hydrogens (tertiary/aromatic N) is 1. The Morgan fingerprint density at radius 3 is 2.56 bits per heavy atom. The summed E-state index contributed by atoms with van der Waals surface area (Å²) < 4.78 is 0. The van der Waals surface area contributed by atoms with Gasteiger partial charge in [-0.25, -0.2) is 0 Å². The van der Waals surface area contributed by atoms with Gasteiger partial charge < -0.3 is 10.0 Å². The lowest BCUT2D eigenvalue weighted by atomic mass is 10.0. The van der Waals surface area contributed by atoms with Crippen LogP contribution in [-0.2, 0) is 11.3 Å². The van der Waals surface area contributed by atoms with Crippen molar-refractivity contribution in [1.82, 2.24) is 4.90 Å². The number of rotatable bonds is 4. The Bertz CT molecular complexity index is 464. The van der Waals surface area contributed by atoms with E-state index in [4.69, 9.17) is 0 Å². The van der Waals surface area contributed by atoms with Crippen LogP contribution in [0.15, 0.2) is 18.2 Å². The number of carbonyl (C=O) groups excluding carboxylic acids is 1. The first-order chi connectivity index (χ1) is 8.48. The second-order valence-electron chi connectivity index (χ2n) is 5.53. The Labute approximate surface area is 108 Å². The van der Waals surface area contributed by atoms with Crippen LogP contribution in [0.1, 0.15) is 29.5 Å². The number of aryl methyl sites for hydroxylation is 2. The Morgan fingerprint density at radius 1 is 1.39 bits per heavy atom. The molecule has 1 aromatic rings. The van der Waals surface area contributed by atoms with E-state index in [1.54, 1.807) is 4.90 Å². The highest BCUT2D eigenvalue weighted by Gasteiger charge is 2.50. The predicted molar refractivity (Wildman–Crippen MR) is 71.1 cm³/mol. The summed E-state index contributed by atoms with van der Waals surface area (Å²) in [5.74, 6) is 0.0741. The molecule has 3 heteroatoms. The van der Waals surface area contributed by atoms with Crippen molar-refractivity contribution in [3.63, 3.8) is 0 Å². The lowest BCUT2D eigenvalue weighted by Gasteiger charge is -2.23. The molecule has 3 nitrogen and oxygen atoms in total. The number of carbonyl (C=O) groups is 1. The molecule has 1 saturated carbocycles. The van der Waals surface area contributed by atoms with Gasteiger partial charge in [-0.3, -0.25) is 4.79 Å². The van der Waals surface area contributed by atoms with E-state index >= 15 is 0 Å². The summed E-state index contributed by atoms with van der Waals surface area (Å²) in [6.45, 7) is 4.73. The summed E-state index contributed by atoms with van der Waals surface area (Å²) in [6.07, 6.45) is 1.64. The van der Waals surface area contributed by atoms with Crippen LogP contribution in [0.3, 0.4) is 0 Å². The summed E-state index contributed by atoms with van der Waals surface area (Å²) in [5.41, 5.74) is 3.15. The maximum absolute atomic E-state index is 12.2. The van der Waals surface area contributed by atoms with Gasteiger partial charge in [0.05, 0.1) is 12.0 Å². The highest BCUT2D eigenvalue weighted by atomic mass is 16.3. The van der Waals surface area contributed by atoms with Gasteiger partial charge in [0, 0.05) is 13.6 Å². The molecule has 98 valence electrons. The quantitative estimate of drug-likeness (QED) is 0.884. The molecule has 18 heavy (non-hydrogen) atoms. The smallest absolute Gasteiger partial charge is 0.231 e. The van der Waals surface area contributed by atoms with Crippen LogP contribution in [0, 0.1) is 19.3 Å². The fraction of sp³-hybridized carbons (Fsp3) is 0.533. The van der Waals surface area contributed by atoms with E-state index in [9.17, 15) is 9.90 Å². The molecule has 1 aliphatic rings. The molecular weight excluding hydrogens is 226 g/mol. The van der Waals surface area contributed by atoms with Crippen molar-refractivity contribution in [2.24, 2.45) is 5.41 Å². The SMILES string of the molecule is Cc1ccc(CN(C)C(=O)C2(CO)CC2)c(C)c1. The van der Waals surface area contributed by atoms with Gasteiger partial charge in [-0.1, -0.05) is 23.8 Å². The van der Waals surface area contributed by atoms with Crippen LogP contribution in [-0.4, -0.2) is 29.6 Å². The normalized spacial score (nSPS) is 16.4. The number of benzene rings is 1. The molecule has 0 aromatic heterocycles. The van der Waals surface area contributed by atoms with Gasteiger partial charge >= 0.3 is 0 Å². The molecule has 0 aliphatic heterocycles. The summed E-state index contributed by atoms with van der Waals surface area (Å²) in [7, 11) is 1.82. The molecule has 0 radical (unpaired) electrons. The van der Waals surface area contributed by atoms with Crippen molar-refractivity contribution in [2.45, 2.75) is 33.2 Å². The molecule has 0 spiro atoms. The summed E-state index contributed by atoms with van der Waals surface area (Å²) in [6, 6.07) is 6.28. The van der Waals surface area contributed by atoms with Gasteiger partial charge in [0.1, 0.15) is 0 Å². The van der Waals surface area contributed by atoms with Gasteiger partial charge in [0.2, 0.25) is 5.91 Å². The van der Waals surface area contributed by atoms with Crippen molar-refractivity contribution >= 4 is 5.91 Å². The number of aliphatic hydroxyl groups is 1.